The normalized spacial score (nSPS) is 10.6. The molecule has 0 fully saturated rings. The van der Waals surface area contributed by atoms with Gasteiger partial charge in [-0.3, -0.25) is 0 Å². The van der Waals surface area contributed by atoms with Crippen LogP contribution in [0.1, 0.15) is 0 Å². The number of fused-ring (bicyclic) bond motifs is 1. The highest BCUT2D eigenvalue weighted by Crippen LogP contribution is 2.23. The molecule has 0 spiro atoms. The van der Waals surface area contributed by atoms with E-state index in [2.05, 4.69) is 27.6 Å². The van der Waals surface area contributed by atoms with Gasteiger partial charge in [-0.25, -0.2) is 4.98 Å². The summed E-state index contributed by atoms with van der Waals surface area (Å²) in [6.45, 7) is 0. The Labute approximate surface area is 94.2 Å². The maximum Gasteiger partial charge on any atom is 0.152 e. The van der Waals surface area contributed by atoms with Crippen molar-refractivity contribution in [1.82, 2.24) is 4.98 Å². The van der Waals surface area contributed by atoms with E-state index in [0.29, 0.717) is 10.8 Å². The zero-order chi connectivity index (χ0) is 9.42. The van der Waals surface area contributed by atoms with Crippen molar-refractivity contribution in [2.24, 2.45) is 0 Å². The van der Waals surface area contributed by atoms with Gasteiger partial charge in [0.05, 0.1) is 11.2 Å². The molecule has 0 unspecified atom stereocenters. The molecule has 0 aliphatic heterocycles. The molecule has 1 aromatic carbocycles. The van der Waals surface area contributed by atoms with E-state index in [1.165, 1.54) is 0 Å². The average Bonchev–Trinajstić information content (AvgIpc) is 2.08. The zero-order valence-corrected chi connectivity index (χ0v) is 9.50. The minimum atomic E-state index is 0.370. The van der Waals surface area contributed by atoms with E-state index in [1.54, 1.807) is 0 Å². The monoisotopic (exact) mass is 304 g/mol. The van der Waals surface area contributed by atoms with Crippen LogP contribution < -0.4 is 5.73 Å². The van der Waals surface area contributed by atoms with Gasteiger partial charge in [-0.15, -0.1) is 0 Å². The Morgan fingerprint density at radius 1 is 1.31 bits per heavy atom. The molecule has 0 aliphatic rings. The molecule has 0 aliphatic carbocycles. The summed E-state index contributed by atoms with van der Waals surface area (Å²) in [7, 11) is 0. The number of nitrogen functional groups attached to an aromatic ring is 1. The number of anilines is 1. The van der Waals surface area contributed by atoms with Gasteiger partial charge in [-0.05, 0) is 40.8 Å². The quantitative estimate of drug-likeness (QED) is 0.600. The lowest BCUT2D eigenvalue weighted by Crippen LogP contribution is -1.90. The van der Waals surface area contributed by atoms with Crippen molar-refractivity contribution in [3.8, 4) is 0 Å². The number of halogens is 2. The van der Waals surface area contributed by atoms with Crippen molar-refractivity contribution in [3.63, 3.8) is 0 Å². The number of nitrogens with zero attached hydrogens (tertiary/aromatic N) is 1. The van der Waals surface area contributed by atoms with E-state index in [0.717, 1.165) is 14.5 Å². The van der Waals surface area contributed by atoms with Crippen LogP contribution in [-0.2, 0) is 0 Å². The predicted octanol–water partition coefficient (Wildman–Crippen LogP) is 3.08. The van der Waals surface area contributed by atoms with Crippen LogP contribution in [0.15, 0.2) is 24.3 Å². The van der Waals surface area contributed by atoms with E-state index in [-0.39, 0.29) is 0 Å². The van der Waals surface area contributed by atoms with E-state index in [1.807, 2.05) is 24.3 Å². The summed E-state index contributed by atoms with van der Waals surface area (Å²) in [4.78, 5) is 4.17. The molecular formula is C9H6ClIN2. The van der Waals surface area contributed by atoms with Crippen molar-refractivity contribution in [2.75, 3.05) is 5.73 Å². The molecule has 0 saturated heterocycles. The molecule has 2 nitrogen and oxygen atoms in total. The number of nitrogens with two attached hydrogens (primary N) is 1. The van der Waals surface area contributed by atoms with Crippen LogP contribution in [-0.4, -0.2) is 4.98 Å². The molecule has 0 radical (unpaired) electrons. The van der Waals surface area contributed by atoms with Crippen molar-refractivity contribution in [3.05, 3.63) is 33.0 Å². The Balaban J connectivity index is 2.81. The Morgan fingerprint density at radius 2 is 2.08 bits per heavy atom. The van der Waals surface area contributed by atoms with Crippen LogP contribution in [0.25, 0.3) is 10.9 Å². The minimum Gasteiger partial charge on any atom is -0.396 e. The summed E-state index contributed by atoms with van der Waals surface area (Å²) in [6, 6.07) is 7.80. The van der Waals surface area contributed by atoms with Crippen LogP contribution in [0.4, 0.5) is 5.69 Å². The van der Waals surface area contributed by atoms with Crippen LogP contribution in [0.3, 0.4) is 0 Å². The molecule has 4 heteroatoms. The molecule has 0 amide bonds. The van der Waals surface area contributed by atoms with Gasteiger partial charge < -0.3 is 5.73 Å². The molecule has 2 rings (SSSR count). The Bertz CT molecular complexity index is 470. The third-order valence-corrected chi connectivity index (χ3v) is 2.73. The first kappa shape index (κ1) is 9.02. The Morgan fingerprint density at radius 3 is 2.85 bits per heavy atom. The maximum atomic E-state index is 5.80. The van der Waals surface area contributed by atoms with Crippen molar-refractivity contribution in [1.29, 1.82) is 0 Å². The van der Waals surface area contributed by atoms with Gasteiger partial charge >= 0.3 is 0 Å². The van der Waals surface area contributed by atoms with Crippen LogP contribution in [0.5, 0.6) is 0 Å². The summed E-state index contributed by atoms with van der Waals surface area (Å²) in [6.07, 6.45) is 0. The molecule has 0 saturated carbocycles. The van der Waals surface area contributed by atoms with Crippen molar-refractivity contribution >= 4 is 50.8 Å². The number of pyridine rings is 1. The fourth-order valence-corrected chi connectivity index (χ4v) is 1.75. The summed E-state index contributed by atoms with van der Waals surface area (Å²) in [5.74, 6) is 0. The maximum absolute atomic E-state index is 5.80. The second kappa shape index (κ2) is 3.31. The summed E-state index contributed by atoms with van der Waals surface area (Å²) >= 11 is 8.04. The highest BCUT2D eigenvalue weighted by molar-refractivity contribution is 14.1. The number of hydrogen-bond donors (Lipinski definition) is 1. The molecule has 2 N–H and O–H groups in total. The Kier molecular flexibility index (Phi) is 2.29. The second-order valence-electron chi connectivity index (χ2n) is 2.71. The standard InChI is InChI=1S/C9H6ClIN2/c10-9-7(12)3-5-1-2-6(11)4-8(5)13-9/h1-4H,12H2. The van der Waals surface area contributed by atoms with E-state index in [9.17, 15) is 0 Å². The first-order valence-corrected chi connectivity index (χ1v) is 5.14. The zero-order valence-electron chi connectivity index (χ0n) is 6.59. The molecule has 0 atom stereocenters. The van der Waals surface area contributed by atoms with Gasteiger partial charge in [0.15, 0.2) is 5.15 Å². The second-order valence-corrected chi connectivity index (χ2v) is 4.31. The molecule has 0 bridgehead atoms. The predicted molar refractivity (Wildman–Crippen MR) is 63.9 cm³/mol. The number of aromatic nitrogens is 1. The van der Waals surface area contributed by atoms with Crippen molar-refractivity contribution < 1.29 is 0 Å². The fraction of sp³-hybridized carbons (Fsp3) is 0. The molecule has 2 aromatic rings. The smallest absolute Gasteiger partial charge is 0.152 e. The molecule has 66 valence electrons. The van der Waals surface area contributed by atoms with E-state index >= 15 is 0 Å². The third-order valence-electron chi connectivity index (χ3n) is 1.76. The summed E-state index contributed by atoms with van der Waals surface area (Å²) < 4.78 is 1.14. The fourth-order valence-electron chi connectivity index (χ4n) is 1.13. The lowest BCUT2D eigenvalue weighted by Gasteiger charge is -2.01. The van der Waals surface area contributed by atoms with Gasteiger partial charge in [0.25, 0.3) is 0 Å². The average molecular weight is 305 g/mol. The first-order valence-electron chi connectivity index (χ1n) is 3.68. The SMILES string of the molecule is Nc1cc2ccc(I)cc2nc1Cl. The van der Waals surface area contributed by atoms with Gasteiger partial charge in [0.2, 0.25) is 0 Å². The molecule has 1 heterocycles. The van der Waals surface area contributed by atoms with Crippen LogP contribution >= 0.6 is 34.2 Å². The minimum absolute atomic E-state index is 0.370. The highest BCUT2D eigenvalue weighted by atomic mass is 127. The molecule has 1 aromatic heterocycles. The number of benzene rings is 1. The molecule has 13 heavy (non-hydrogen) atoms. The topological polar surface area (TPSA) is 38.9 Å². The lowest BCUT2D eigenvalue weighted by molar-refractivity contribution is 1.41. The summed E-state index contributed by atoms with van der Waals surface area (Å²) in [5.41, 5.74) is 7.03. The summed E-state index contributed by atoms with van der Waals surface area (Å²) in [5, 5.41) is 1.39. The van der Waals surface area contributed by atoms with Crippen LogP contribution in [0, 0.1) is 3.57 Å². The first-order chi connectivity index (χ1) is 6.16. The number of rotatable bonds is 0. The van der Waals surface area contributed by atoms with Gasteiger partial charge in [0.1, 0.15) is 0 Å². The number of hydrogen-bond acceptors (Lipinski definition) is 2. The third kappa shape index (κ3) is 1.71. The van der Waals surface area contributed by atoms with Gasteiger partial charge in [-0.1, -0.05) is 17.7 Å². The molecular weight excluding hydrogens is 298 g/mol. The largest absolute Gasteiger partial charge is 0.396 e. The van der Waals surface area contributed by atoms with E-state index in [4.69, 9.17) is 17.3 Å². The van der Waals surface area contributed by atoms with Crippen molar-refractivity contribution in [2.45, 2.75) is 0 Å². The van der Waals surface area contributed by atoms with Crippen LogP contribution in [0.2, 0.25) is 5.15 Å². The lowest BCUT2D eigenvalue weighted by atomic mass is 10.2. The Hall–Kier alpha value is -0.550. The highest BCUT2D eigenvalue weighted by Gasteiger charge is 2.01. The van der Waals surface area contributed by atoms with Gasteiger partial charge in [0, 0.05) is 8.96 Å². The van der Waals surface area contributed by atoms with E-state index < -0.39 is 0 Å². The van der Waals surface area contributed by atoms with Gasteiger partial charge in [-0.2, -0.15) is 0 Å².